The smallest absolute Gasteiger partial charge is 0.407 e. The lowest BCUT2D eigenvalue weighted by Crippen LogP contribution is -2.33. The summed E-state index contributed by atoms with van der Waals surface area (Å²) in [4.78, 5) is 21.7. The molecule has 0 saturated carbocycles. The van der Waals surface area contributed by atoms with Crippen LogP contribution < -0.4 is 5.32 Å². The van der Waals surface area contributed by atoms with E-state index < -0.39 is 24.2 Å². The number of alkyl carbamates (subject to hydrolysis) is 1. The fraction of sp³-hybridized carbons (Fsp3) is 0.800. The molecule has 0 spiro atoms. The van der Waals surface area contributed by atoms with Gasteiger partial charge in [-0.15, -0.1) is 0 Å². The summed E-state index contributed by atoms with van der Waals surface area (Å²) in [6.45, 7) is 4.81. The van der Waals surface area contributed by atoms with Crippen LogP contribution in [-0.4, -0.2) is 42.2 Å². The van der Waals surface area contributed by atoms with E-state index in [0.717, 1.165) is 0 Å². The van der Waals surface area contributed by atoms with Crippen molar-refractivity contribution in [2.75, 3.05) is 24.7 Å². The van der Waals surface area contributed by atoms with Crippen molar-refractivity contribution in [3.8, 4) is 0 Å². The maximum absolute atomic E-state index is 11.8. The standard InChI is InChI=1S/C10H18FNO3S/c1-10(2,3)15-9(14)12-4-5-16-7-8(13)6-11/h4-7H2,1-3H3,(H,12,14). The Morgan fingerprint density at radius 3 is 2.50 bits per heavy atom. The van der Waals surface area contributed by atoms with Gasteiger partial charge >= 0.3 is 6.09 Å². The monoisotopic (exact) mass is 251 g/mol. The average Bonchev–Trinajstić information content (AvgIpc) is 2.14. The summed E-state index contributed by atoms with van der Waals surface area (Å²) in [5.74, 6) is 0.277. The highest BCUT2D eigenvalue weighted by Gasteiger charge is 2.15. The summed E-state index contributed by atoms with van der Waals surface area (Å²) >= 11 is 1.29. The van der Waals surface area contributed by atoms with Gasteiger partial charge < -0.3 is 10.1 Å². The SMILES string of the molecule is CC(C)(C)OC(=O)NCCSCC(=O)CF. The Morgan fingerprint density at radius 2 is 2.00 bits per heavy atom. The molecule has 0 aliphatic rings. The lowest BCUT2D eigenvalue weighted by Gasteiger charge is -2.19. The third-order valence-electron chi connectivity index (χ3n) is 1.33. The molecule has 0 atom stereocenters. The molecule has 4 nitrogen and oxygen atoms in total. The van der Waals surface area contributed by atoms with E-state index in [4.69, 9.17) is 4.74 Å². The Morgan fingerprint density at radius 1 is 1.38 bits per heavy atom. The van der Waals surface area contributed by atoms with Gasteiger partial charge in [0.25, 0.3) is 0 Å². The molecular weight excluding hydrogens is 233 g/mol. The Balaban J connectivity index is 3.45. The molecule has 0 aromatic carbocycles. The van der Waals surface area contributed by atoms with Crippen LogP contribution in [0.1, 0.15) is 20.8 Å². The van der Waals surface area contributed by atoms with E-state index in [2.05, 4.69) is 5.32 Å². The first kappa shape index (κ1) is 15.2. The molecule has 0 rings (SSSR count). The fourth-order valence-electron chi connectivity index (χ4n) is 0.764. The van der Waals surface area contributed by atoms with Crippen molar-refractivity contribution in [2.45, 2.75) is 26.4 Å². The molecule has 0 unspecified atom stereocenters. The molecule has 0 radical (unpaired) electrons. The predicted octanol–water partition coefficient (Wildman–Crippen LogP) is 1.78. The zero-order valence-electron chi connectivity index (χ0n) is 9.84. The van der Waals surface area contributed by atoms with Crippen molar-refractivity contribution in [3.63, 3.8) is 0 Å². The van der Waals surface area contributed by atoms with Crippen molar-refractivity contribution in [1.29, 1.82) is 0 Å². The van der Waals surface area contributed by atoms with Gasteiger partial charge in [-0.05, 0) is 20.8 Å². The number of ketones is 1. The number of hydrogen-bond acceptors (Lipinski definition) is 4. The summed E-state index contributed by atoms with van der Waals surface area (Å²) < 4.78 is 16.8. The van der Waals surface area contributed by atoms with E-state index in [1.54, 1.807) is 20.8 Å². The van der Waals surface area contributed by atoms with Crippen molar-refractivity contribution < 1.29 is 18.7 Å². The van der Waals surface area contributed by atoms with E-state index >= 15 is 0 Å². The van der Waals surface area contributed by atoms with Gasteiger partial charge in [-0.3, -0.25) is 4.79 Å². The van der Waals surface area contributed by atoms with Crippen molar-refractivity contribution in [3.05, 3.63) is 0 Å². The number of alkyl halides is 1. The van der Waals surface area contributed by atoms with Crippen molar-refractivity contribution in [2.24, 2.45) is 0 Å². The van der Waals surface area contributed by atoms with Gasteiger partial charge in [-0.25, -0.2) is 9.18 Å². The Hall–Kier alpha value is -0.780. The van der Waals surface area contributed by atoms with E-state index in [0.29, 0.717) is 12.3 Å². The Labute approximate surface area is 99.3 Å². The van der Waals surface area contributed by atoms with E-state index in [-0.39, 0.29) is 5.75 Å². The minimum Gasteiger partial charge on any atom is -0.444 e. The Kier molecular flexibility index (Phi) is 7.12. The lowest BCUT2D eigenvalue weighted by atomic mass is 10.2. The number of hydrogen-bond donors (Lipinski definition) is 1. The Bertz CT molecular complexity index is 241. The number of carbonyl (C=O) groups is 2. The highest BCUT2D eigenvalue weighted by Crippen LogP contribution is 2.06. The zero-order chi connectivity index (χ0) is 12.6. The topological polar surface area (TPSA) is 55.4 Å². The second-order valence-corrected chi connectivity index (χ2v) is 5.26. The molecule has 1 N–H and O–H groups in total. The van der Waals surface area contributed by atoms with Crippen LogP contribution in [-0.2, 0) is 9.53 Å². The molecule has 0 aromatic rings. The molecule has 16 heavy (non-hydrogen) atoms. The third kappa shape index (κ3) is 9.76. The normalized spacial score (nSPS) is 11.0. The number of thioether (sulfide) groups is 1. The minimum absolute atomic E-state index is 0.145. The number of Topliss-reactive ketones (excluding diaryl/α,β-unsaturated/α-hetero) is 1. The number of nitrogens with one attached hydrogen (secondary N) is 1. The molecular formula is C10H18FNO3S. The molecule has 0 aliphatic carbocycles. The number of rotatable bonds is 6. The first-order valence-electron chi connectivity index (χ1n) is 4.97. The van der Waals surface area contributed by atoms with Gasteiger partial charge in [-0.2, -0.15) is 11.8 Å². The minimum atomic E-state index is -0.924. The highest BCUT2D eigenvalue weighted by molar-refractivity contribution is 7.99. The van der Waals surface area contributed by atoms with Crippen molar-refractivity contribution in [1.82, 2.24) is 5.32 Å². The van der Waals surface area contributed by atoms with Crippen LogP contribution in [0.3, 0.4) is 0 Å². The second-order valence-electron chi connectivity index (χ2n) is 4.15. The van der Waals surface area contributed by atoms with Crippen LogP contribution in [0.4, 0.5) is 9.18 Å². The van der Waals surface area contributed by atoms with Gasteiger partial charge in [0, 0.05) is 12.3 Å². The number of carbonyl (C=O) groups excluding carboxylic acids is 2. The quantitative estimate of drug-likeness (QED) is 0.731. The van der Waals surface area contributed by atoms with Crippen molar-refractivity contribution >= 4 is 23.6 Å². The molecule has 6 heteroatoms. The molecule has 0 bridgehead atoms. The average molecular weight is 251 g/mol. The first-order valence-corrected chi connectivity index (χ1v) is 6.13. The summed E-state index contributed by atoms with van der Waals surface area (Å²) in [7, 11) is 0. The van der Waals surface area contributed by atoms with Gasteiger partial charge in [-0.1, -0.05) is 0 Å². The molecule has 0 heterocycles. The summed E-state index contributed by atoms with van der Waals surface area (Å²) in [5.41, 5.74) is -0.512. The van der Waals surface area contributed by atoms with E-state index in [1.807, 2.05) is 0 Å². The predicted molar refractivity (Wildman–Crippen MR) is 62.5 cm³/mol. The molecule has 94 valence electrons. The third-order valence-corrected chi connectivity index (χ3v) is 2.35. The summed E-state index contributed by atoms with van der Waals surface area (Å²) in [6.07, 6.45) is -0.482. The molecule has 1 amide bonds. The van der Waals surface area contributed by atoms with Crippen LogP contribution in [0, 0.1) is 0 Å². The van der Waals surface area contributed by atoms with Crippen LogP contribution in [0.2, 0.25) is 0 Å². The molecule has 0 aliphatic heterocycles. The van der Waals surface area contributed by atoms with Gasteiger partial charge in [0.1, 0.15) is 12.3 Å². The number of amides is 1. The van der Waals surface area contributed by atoms with Gasteiger partial charge in [0.15, 0.2) is 5.78 Å². The van der Waals surface area contributed by atoms with Crippen LogP contribution in [0.25, 0.3) is 0 Å². The molecule has 0 aromatic heterocycles. The van der Waals surface area contributed by atoms with E-state index in [9.17, 15) is 14.0 Å². The largest absolute Gasteiger partial charge is 0.444 e. The maximum atomic E-state index is 11.8. The number of ether oxygens (including phenoxy) is 1. The van der Waals surface area contributed by atoms with Crippen LogP contribution >= 0.6 is 11.8 Å². The zero-order valence-corrected chi connectivity index (χ0v) is 10.7. The first-order chi connectivity index (χ1) is 7.35. The fourth-order valence-corrected chi connectivity index (χ4v) is 1.46. The lowest BCUT2D eigenvalue weighted by molar-refractivity contribution is -0.117. The maximum Gasteiger partial charge on any atom is 0.407 e. The molecule has 0 fully saturated rings. The highest BCUT2D eigenvalue weighted by atomic mass is 32.2. The summed E-state index contributed by atoms with van der Waals surface area (Å²) in [5, 5.41) is 2.54. The molecule has 0 saturated heterocycles. The second kappa shape index (κ2) is 7.49. The van der Waals surface area contributed by atoms with Gasteiger partial charge in [0.05, 0.1) is 5.75 Å². The van der Waals surface area contributed by atoms with E-state index in [1.165, 1.54) is 11.8 Å². The van der Waals surface area contributed by atoms with Crippen LogP contribution in [0.15, 0.2) is 0 Å². The van der Waals surface area contributed by atoms with Gasteiger partial charge in [0.2, 0.25) is 0 Å². The summed E-state index contributed by atoms with van der Waals surface area (Å²) in [6, 6.07) is 0. The number of halogens is 1. The van der Waals surface area contributed by atoms with Crippen LogP contribution in [0.5, 0.6) is 0 Å².